The first kappa shape index (κ1) is 11.3. The number of piperazine rings is 1. The Kier molecular flexibility index (Phi) is 3.72. The fraction of sp³-hybridized carbons (Fsp3) is 0.417. The van der Waals surface area contributed by atoms with E-state index in [0.29, 0.717) is 5.75 Å². The van der Waals surface area contributed by atoms with Gasteiger partial charge in [0, 0.05) is 31.9 Å². The summed E-state index contributed by atoms with van der Waals surface area (Å²) in [6.45, 7) is 3.41. The fourth-order valence-corrected chi connectivity index (χ4v) is 2.15. The first-order chi connectivity index (χ1) is 7.81. The minimum atomic E-state index is 0.135. The number of rotatable bonds is 2. The number of nitrogens with zero attached hydrogens (tertiary/aromatic N) is 2. The normalized spacial score (nSPS) is 16.3. The largest absolute Gasteiger partial charge is 0.368 e. The maximum atomic E-state index is 11.4. The van der Waals surface area contributed by atoms with E-state index in [4.69, 9.17) is 0 Å². The van der Waals surface area contributed by atoms with Crippen LogP contribution in [-0.2, 0) is 4.79 Å². The van der Waals surface area contributed by atoms with Crippen molar-refractivity contribution in [3.8, 4) is 0 Å². The average Bonchev–Trinajstić information content (AvgIpc) is 2.39. The maximum Gasteiger partial charge on any atom is 0.232 e. The van der Waals surface area contributed by atoms with Crippen molar-refractivity contribution >= 4 is 24.2 Å². The monoisotopic (exact) mass is 236 g/mol. The second kappa shape index (κ2) is 5.25. The molecule has 1 aliphatic rings. The van der Waals surface area contributed by atoms with Gasteiger partial charge in [-0.05, 0) is 12.1 Å². The van der Waals surface area contributed by atoms with Gasteiger partial charge in [-0.2, -0.15) is 12.6 Å². The van der Waals surface area contributed by atoms with Crippen LogP contribution in [0.5, 0.6) is 0 Å². The number of carbonyl (C=O) groups is 1. The Morgan fingerprint density at radius 2 is 1.75 bits per heavy atom. The Bertz CT molecular complexity index is 347. The van der Waals surface area contributed by atoms with Crippen LogP contribution in [0.25, 0.3) is 0 Å². The maximum absolute atomic E-state index is 11.4. The first-order valence-electron chi connectivity index (χ1n) is 5.50. The molecule has 0 aromatic heterocycles. The molecule has 0 N–H and O–H groups in total. The van der Waals surface area contributed by atoms with Crippen molar-refractivity contribution < 1.29 is 4.79 Å². The third-order valence-corrected chi connectivity index (χ3v) is 3.16. The van der Waals surface area contributed by atoms with E-state index in [1.807, 2.05) is 23.1 Å². The first-order valence-corrected chi connectivity index (χ1v) is 6.13. The molecule has 16 heavy (non-hydrogen) atoms. The highest BCUT2D eigenvalue weighted by molar-refractivity contribution is 7.81. The number of hydrogen-bond donors (Lipinski definition) is 1. The Morgan fingerprint density at radius 1 is 1.12 bits per heavy atom. The van der Waals surface area contributed by atoms with Gasteiger partial charge in [0.25, 0.3) is 0 Å². The van der Waals surface area contributed by atoms with Crippen molar-refractivity contribution in [2.75, 3.05) is 36.8 Å². The van der Waals surface area contributed by atoms with Crippen molar-refractivity contribution in [1.29, 1.82) is 0 Å². The third kappa shape index (κ3) is 2.50. The number of hydrogen-bond acceptors (Lipinski definition) is 3. The van der Waals surface area contributed by atoms with E-state index in [1.165, 1.54) is 5.69 Å². The van der Waals surface area contributed by atoms with Crippen LogP contribution >= 0.6 is 12.6 Å². The molecule has 1 heterocycles. The molecule has 4 heteroatoms. The van der Waals surface area contributed by atoms with Crippen LogP contribution in [0, 0.1) is 0 Å². The smallest absolute Gasteiger partial charge is 0.232 e. The second-order valence-electron chi connectivity index (χ2n) is 3.86. The number of thiol groups is 1. The highest BCUT2D eigenvalue weighted by Crippen LogP contribution is 2.15. The highest BCUT2D eigenvalue weighted by Gasteiger charge is 2.19. The summed E-state index contributed by atoms with van der Waals surface area (Å²) in [4.78, 5) is 15.6. The van der Waals surface area contributed by atoms with E-state index in [2.05, 4.69) is 29.7 Å². The molecule has 1 aromatic carbocycles. The molecule has 1 saturated heterocycles. The summed E-state index contributed by atoms with van der Waals surface area (Å²) in [5.41, 5.74) is 1.24. The van der Waals surface area contributed by atoms with Crippen molar-refractivity contribution in [1.82, 2.24) is 4.90 Å². The summed E-state index contributed by atoms with van der Waals surface area (Å²) in [6, 6.07) is 10.3. The molecule has 0 saturated carbocycles. The van der Waals surface area contributed by atoms with Crippen molar-refractivity contribution in [3.63, 3.8) is 0 Å². The van der Waals surface area contributed by atoms with Crippen LogP contribution in [0.2, 0.25) is 0 Å². The fourth-order valence-electron chi connectivity index (χ4n) is 1.95. The van der Waals surface area contributed by atoms with Crippen molar-refractivity contribution in [3.05, 3.63) is 30.3 Å². The zero-order valence-corrected chi connectivity index (χ0v) is 10.1. The molecular formula is C12H16N2OS. The van der Waals surface area contributed by atoms with Crippen LogP contribution in [0.1, 0.15) is 0 Å². The lowest BCUT2D eigenvalue weighted by Crippen LogP contribution is -2.49. The number of benzene rings is 1. The minimum absolute atomic E-state index is 0.135. The van der Waals surface area contributed by atoms with Crippen LogP contribution in [-0.4, -0.2) is 42.7 Å². The summed E-state index contributed by atoms with van der Waals surface area (Å²) >= 11 is 4.01. The Balaban J connectivity index is 1.93. The quantitative estimate of drug-likeness (QED) is 0.782. The summed E-state index contributed by atoms with van der Waals surface area (Å²) in [5, 5.41) is 0. The molecule has 0 aliphatic carbocycles. The molecule has 1 fully saturated rings. The Hall–Kier alpha value is -1.16. The molecule has 3 nitrogen and oxygen atoms in total. The minimum Gasteiger partial charge on any atom is -0.368 e. The van der Waals surface area contributed by atoms with Crippen LogP contribution in [0.15, 0.2) is 30.3 Å². The van der Waals surface area contributed by atoms with Crippen molar-refractivity contribution in [2.45, 2.75) is 0 Å². The summed E-state index contributed by atoms with van der Waals surface area (Å²) in [7, 11) is 0. The van der Waals surface area contributed by atoms with E-state index in [-0.39, 0.29) is 5.91 Å². The molecule has 1 aromatic rings. The van der Waals surface area contributed by atoms with Crippen LogP contribution in [0.3, 0.4) is 0 Å². The number of anilines is 1. The average molecular weight is 236 g/mol. The van der Waals surface area contributed by atoms with E-state index in [9.17, 15) is 4.79 Å². The van der Waals surface area contributed by atoms with E-state index < -0.39 is 0 Å². The Labute approximate surface area is 101 Å². The predicted octanol–water partition coefficient (Wildman–Crippen LogP) is 1.27. The lowest BCUT2D eigenvalue weighted by molar-refractivity contribution is -0.128. The van der Waals surface area contributed by atoms with Crippen LogP contribution in [0.4, 0.5) is 5.69 Å². The molecule has 1 amide bonds. The lowest BCUT2D eigenvalue weighted by atomic mass is 10.2. The van der Waals surface area contributed by atoms with Crippen molar-refractivity contribution in [2.24, 2.45) is 0 Å². The standard InChI is InChI=1S/C12H16N2OS/c15-12(10-16)14-8-6-13(7-9-14)11-4-2-1-3-5-11/h1-5,16H,6-10H2. The molecule has 1 aliphatic heterocycles. The molecule has 0 atom stereocenters. The second-order valence-corrected chi connectivity index (χ2v) is 4.18. The molecule has 2 rings (SSSR count). The van der Waals surface area contributed by atoms with Gasteiger partial charge in [-0.15, -0.1) is 0 Å². The zero-order chi connectivity index (χ0) is 11.4. The van der Waals surface area contributed by atoms with Gasteiger partial charge in [-0.3, -0.25) is 4.79 Å². The summed E-state index contributed by atoms with van der Waals surface area (Å²) in [5.74, 6) is 0.446. The van der Waals surface area contributed by atoms with Gasteiger partial charge in [0.2, 0.25) is 5.91 Å². The molecule has 0 bridgehead atoms. The summed E-state index contributed by atoms with van der Waals surface area (Å²) < 4.78 is 0. The molecular weight excluding hydrogens is 220 g/mol. The van der Waals surface area contributed by atoms with Gasteiger partial charge >= 0.3 is 0 Å². The highest BCUT2D eigenvalue weighted by atomic mass is 32.1. The van der Waals surface area contributed by atoms with Gasteiger partial charge < -0.3 is 9.80 Å². The molecule has 86 valence electrons. The molecule has 0 spiro atoms. The Morgan fingerprint density at radius 3 is 2.31 bits per heavy atom. The zero-order valence-electron chi connectivity index (χ0n) is 9.17. The number of amides is 1. The van der Waals surface area contributed by atoms with Gasteiger partial charge in [0.15, 0.2) is 0 Å². The van der Waals surface area contributed by atoms with Gasteiger partial charge in [0.05, 0.1) is 5.75 Å². The van der Waals surface area contributed by atoms with E-state index in [0.717, 1.165) is 26.2 Å². The van der Waals surface area contributed by atoms with Gasteiger partial charge in [-0.1, -0.05) is 18.2 Å². The topological polar surface area (TPSA) is 23.6 Å². The van der Waals surface area contributed by atoms with Gasteiger partial charge in [0.1, 0.15) is 0 Å². The van der Waals surface area contributed by atoms with Crippen LogP contribution < -0.4 is 4.90 Å². The third-order valence-electron chi connectivity index (χ3n) is 2.89. The SMILES string of the molecule is O=C(CS)N1CCN(c2ccccc2)CC1. The molecule has 0 radical (unpaired) electrons. The molecule has 0 unspecified atom stereocenters. The van der Waals surface area contributed by atoms with E-state index >= 15 is 0 Å². The predicted molar refractivity (Wildman–Crippen MR) is 69.1 cm³/mol. The number of carbonyl (C=O) groups excluding carboxylic acids is 1. The van der Waals surface area contributed by atoms with E-state index in [1.54, 1.807) is 0 Å². The summed E-state index contributed by atoms with van der Waals surface area (Å²) in [6.07, 6.45) is 0. The lowest BCUT2D eigenvalue weighted by Gasteiger charge is -2.35. The van der Waals surface area contributed by atoms with Gasteiger partial charge in [-0.25, -0.2) is 0 Å². The number of para-hydroxylation sites is 1.